The molecule has 0 aliphatic carbocycles. The molecule has 0 spiro atoms. The summed E-state index contributed by atoms with van der Waals surface area (Å²) in [5.41, 5.74) is 6.71. The van der Waals surface area contributed by atoms with E-state index in [1.165, 1.54) is 10.8 Å². The lowest BCUT2D eigenvalue weighted by Crippen LogP contribution is -2.01. The van der Waals surface area contributed by atoms with Gasteiger partial charge >= 0.3 is 0 Å². The third kappa shape index (κ3) is 4.35. The van der Waals surface area contributed by atoms with Crippen LogP contribution in [0.15, 0.2) is 156 Å². The minimum atomic E-state index is 0.606. The van der Waals surface area contributed by atoms with Crippen molar-refractivity contribution in [1.82, 2.24) is 15.0 Å². The van der Waals surface area contributed by atoms with Gasteiger partial charge in [0.15, 0.2) is 17.5 Å². The molecule has 0 aliphatic heterocycles. The van der Waals surface area contributed by atoms with E-state index >= 15 is 0 Å². The molecule has 2 aromatic heterocycles. The molecule has 0 radical (unpaired) electrons. The Hall–Kier alpha value is -6.13. The highest BCUT2D eigenvalue weighted by Gasteiger charge is 2.19. The lowest BCUT2D eigenvalue weighted by Gasteiger charge is -2.13. The fourth-order valence-corrected chi connectivity index (χ4v) is 6.34. The molecule has 0 saturated heterocycles. The van der Waals surface area contributed by atoms with Crippen molar-refractivity contribution in [1.29, 1.82) is 0 Å². The summed E-state index contributed by atoms with van der Waals surface area (Å²) in [4.78, 5) is 15.4. The molecule has 0 aliphatic rings. The summed E-state index contributed by atoms with van der Waals surface area (Å²) >= 11 is 0. The highest BCUT2D eigenvalue weighted by atomic mass is 16.3. The number of aromatic nitrogens is 3. The summed E-state index contributed by atoms with van der Waals surface area (Å²) in [6, 6.07) is 52.3. The second kappa shape index (κ2) is 10.2. The SMILES string of the molecule is c1ccc(-c2cc(-c3nc(-c4ccc5ccccc5c4)nc(-c4cccc5oc6ccccc6c45)n3)cc3ccccc23)cc1. The number of hydrogen-bond acceptors (Lipinski definition) is 4. The first-order valence-electron chi connectivity index (χ1n) is 15.0. The van der Waals surface area contributed by atoms with Crippen molar-refractivity contribution < 1.29 is 4.42 Å². The quantitative estimate of drug-likeness (QED) is 0.209. The zero-order chi connectivity index (χ0) is 29.7. The second-order valence-corrected chi connectivity index (χ2v) is 11.3. The van der Waals surface area contributed by atoms with Crippen LogP contribution >= 0.6 is 0 Å². The summed E-state index contributed by atoms with van der Waals surface area (Å²) < 4.78 is 6.23. The molecule has 0 saturated carbocycles. The minimum absolute atomic E-state index is 0.606. The Morgan fingerprint density at radius 2 is 1.00 bits per heavy atom. The van der Waals surface area contributed by atoms with Crippen molar-refractivity contribution in [3.05, 3.63) is 152 Å². The standard InChI is InChI=1S/C41H25N3O/c1-2-12-27(13-3-1)35-25-31(24-29-15-6-7-16-32(29)35)40-42-39(30-22-21-26-11-4-5-14-28(26)23-30)43-41(44-40)34-18-10-20-37-38(34)33-17-8-9-19-36(33)45-37/h1-25H. The minimum Gasteiger partial charge on any atom is -0.456 e. The van der Waals surface area contributed by atoms with Crippen LogP contribution < -0.4 is 0 Å². The van der Waals surface area contributed by atoms with Gasteiger partial charge in [-0.05, 0) is 63.0 Å². The molecule has 210 valence electrons. The Kier molecular flexibility index (Phi) is 5.78. The highest BCUT2D eigenvalue weighted by molar-refractivity contribution is 6.11. The average molecular weight is 576 g/mol. The van der Waals surface area contributed by atoms with E-state index in [-0.39, 0.29) is 0 Å². The van der Waals surface area contributed by atoms with Crippen LogP contribution in [0.2, 0.25) is 0 Å². The van der Waals surface area contributed by atoms with E-state index in [0.717, 1.165) is 60.5 Å². The van der Waals surface area contributed by atoms with E-state index in [2.05, 4.69) is 115 Å². The van der Waals surface area contributed by atoms with E-state index in [4.69, 9.17) is 19.4 Å². The van der Waals surface area contributed by atoms with Gasteiger partial charge in [0.25, 0.3) is 0 Å². The Labute approximate surface area is 259 Å². The van der Waals surface area contributed by atoms with Gasteiger partial charge < -0.3 is 4.42 Å². The monoisotopic (exact) mass is 575 g/mol. The predicted octanol–water partition coefficient (Wildman–Crippen LogP) is 10.7. The fourth-order valence-electron chi connectivity index (χ4n) is 6.34. The van der Waals surface area contributed by atoms with E-state index in [1.807, 2.05) is 36.4 Å². The van der Waals surface area contributed by atoms with Crippen molar-refractivity contribution in [3.63, 3.8) is 0 Å². The van der Waals surface area contributed by atoms with Crippen molar-refractivity contribution >= 4 is 43.5 Å². The van der Waals surface area contributed by atoms with Crippen LogP contribution in [-0.4, -0.2) is 15.0 Å². The van der Waals surface area contributed by atoms with Gasteiger partial charge in [0.1, 0.15) is 11.2 Å². The summed E-state index contributed by atoms with van der Waals surface area (Å²) in [6.07, 6.45) is 0. The molecule has 0 atom stereocenters. The Balaban J connectivity index is 1.33. The molecule has 9 aromatic rings. The third-order valence-corrected chi connectivity index (χ3v) is 8.49. The molecule has 4 nitrogen and oxygen atoms in total. The Bertz CT molecular complexity index is 2550. The smallest absolute Gasteiger partial charge is 0.164 e. The molecule has 0 unspecified atom stereocenters. The van der Waals surface area contributed by atoms with Gasteiger partial charge in [-0.25, -0.2) is 15.0 Å². The van der Waals surface area contributed by atoms with E-state index in [0.29, 0.717) is 17.5 Å². The van der Waals surface area contributed by atoms with Gasteiger partial charge in [-0.15, -0.1) is 0 Å². The van der Waals surface area contributed by atoms with Crippen molar-refractivity contribution in [2.45, 2.75) is 0 Å². The zero-order valence-corrected chi connectivity index (χ0v) is 24.2. The summed E-state index contributed by atoms with van der Waals surface area (Å²) in [5, 5.41) is 6.66. The van der Waals surface area contributed by atoms with Crippen molar-refractivity contribution in [3.8, 4) is 45.3 Å². The summed E-state index contributed by atoms with van der Waals surface area (Å²) in [7, 11) is 0. The van der Waals surface area contributed by atoms with Gasteiger partial charge in [-0.1, -0.05) is 121 Å². The predicted molar refractivity (Wildman–Crippen MR) is 184 cm³/mol. The molecule has 0 N–H and O–H groups in total. The van der Waals surface area contributed by atoms with Crippen LogP contribution in [0.25, 0.3) is 88.8 Å². The number of furan rings is 1. The van der Waals surface area contributed by atoms with Crippen LogP contribution in [0.4, 0.5) is 0 Å². The Morgan fingerprint density at radius 1 is 0.356 bits per heavy atom. The molecule has 0 fully saturated rings. The molecule has 45 heavy (non-hydrogen) atoms. The maximum absolute atomic E-state index is 6.23. The topological polar surface area (TPSA) is 51.8 Å². The Morgan fingerprint density at radius 3 is 1.87 bits per heavy atom. The molecular weight excluding hydrogens is 550 g/mol. The first kappa shape index (κ1) is 25.4. The van der Waals surface area contributed by atoms with Crippen LogP contribution in [0.3, 0.4) is 0 Å². The first-order chi connectivity index (χ1) is 22.3. The molecule has 2 heterocycles. The largest absolute Gasteiger partial charge is 0.456 e. The highest BCUT2D eigenvalue weighted by Crippen LogP contribution is 2.38. The molecular formula is C41H25N3O. The molecule has 9 rings (SSSR count). The molecule has 7 aromatic carbocycles. The van der Waals surface area contributed by atoms with E-state index in [1.54, 1.807) is 0 Å². The van der Waals surface area contributed by atoms with Gasteiger partial charge in [0.05, 0.1) is 0 Å². The van der Waals surface area contributed by atoms with Gasteiger partial charge in [0, 0.05) is 27.5 Å². The van der Waals surface area contributed by atoms with E-state index in [9.17, 15) is 0 Å². The maximum Gasteiger partial charge on any atom is 0.164 e. The third-order valence-electron chi connectivity index (χ3n) is 8.49. The fraction of sp³-hybridized carbons (Fsp3) is 0. The lowest BCUT2D eigenvalue weighted by atomic mass is 9.95. The number of nitrogens with zero attached hydrogens (tertiary/aromatic N) is 3. The zero-order valence-electron chi connectivity index (χ0n) is 24.2. The van der Waals surface area contributed by atoms with E-state index < -0.39 is 0 Å². The summed E-state index contributed by atoms with van der Waals surface area (Å²) in [5.74, 6) is 1.85. The van der Waals surface area contributed by atoms with Gasteiger partial charge in [0.2, 0.25) is 0 Å². The summed E-state index contributed by atoms with van der Waals surface area (Å²) in [6.45, 7) is 0. The molecule has 0 bridgehead atoms. The number of benzene rings is 7. The van der Waals surface area contributed by atoms with Crippen molar-refractivity contribution in [2.75, 3.05) is 0 Å². The number of hydrogen-bond donors (Lipinski definition) is 0. The first-order valence-corrected chi connectivity index (χ1v) is 15.0. The van der Waals surface area contributed by atoms with Crippen LogP contribution in [0, 0.1) is 0 Å². The van der Waals surface area contributed by atoms with Crippen LogP contribution in [-0.2, 0) is 0 Å². The average Bonchev–Trinajstić information content (AvgIpc) is 3.50. The molecule has 4 heteroatoms. The van der Waals surface area contributed by atoms with Gasteiger partial charge in [-0.2, -0.15) is 0 Å². The number of para-hydroxylation sites is 1. The second-order valence-electron chi connectivity index (χ2n) is 11.3. The molecule has 0 amide bonds. The van der Waals surface area contributed by atoms with Crippen LogP contribution in [0.1, 0.15) is 0 Å². The van der Waals surface area contributed by atoms with Gasteiger partial charge in [-0.3, -0.25) is 0 Å². The van der Waals surface area contributed by atoms with Crippen molar-refractivity contribution in [2.24, 2.45) is 0 Å². The van der Waals surface area contributed by atoms with Crippen LogP contribution in [0.5, 0.6) is 0 Å². The number of rotatable bonds is 4. The maximum atomic E-state index is 6.23. The number of fused-ring (bicyclic) bond motifs is 5. The normalized spacial score (nSPS) is 11.6. The lowest BCUT2D eigenvalue weighted by molar-refractivity contribution is 0.669.